The molecule has 2 aromatic carbocycles. The van der Waals surface area contributed by atoms with Crippen molar-refractivity contribution in [3.8, 4) is 0 Å². The molecule has 0 heterocycles. The van der Waals surface area contributed by atoms with Gasteiger partial charge in [-0.05, 0) is 42.7 Å². The molecule has 0 saturated heterocycles. The molecule has 142 valence electrons. The van der Waals surface area contributed by atoms with E-state index in [2.05, 4.69) is 21.2 Å². The van der Waals surface area contributed by atoms with Crippen LogP contribution in [0, 0.1) is 0 Å². The molecule has 1 aliphatic carbocycles. The molecule has 3 rings (SSSR count). The summed E-state index contributed by atoms with van der Waals surface area (Å²) in [6, 6.07) is 17.3. The van der Waals surface area contributed by atoms with Crippen molar-refractivity contribution in [3.63, 3.8) is 0 Å². The number of carbonyl (C=O) groups is 2. The van der Waals surface area contributed by atoms with Gasteiger partial charge in [0.15, 0.2) is 0 Å². The number of halogens is 1. The van der Waals surface area contributed by atoms with Gasteiger partial charge in [-0.25, -0.2) is 0 Å². The van der Waals surface area contributed by atoms with E-state index in [0.717, 1.165) is 35.7 Å². The van der Waals surface area contributed by atoms with Crippen molar-refractivity contribution >= 4 is 27.7 Å². The van der Waals surface area contributed by atoms with Crippen LogP contribution in [-0.4, -0.2) is 29.3 Å². The average Bonchev–Trinajstić information content (AvgIpc) is 2.69. The number of benzene rings is 2. The van der Waals surface area contributed by atoms with Crippen LogP contribution in [0.2, 0.25) is 0 Å². The highest BCUT2D eigenvalue weighted by atomic mass is 79.9. The molecule has 0 bridgehead atoms. The first-order chi connectivity index (χ1) is 13.1. The fraction of sp³-hybridized carbons (Fsp3) is 0.364. The van der Waals surface area contributed by atoms with Crippen molar-refractivity contribution in [2.24, 2.45) is 0 Å². The summed E-state index contributed by atoms with van der Waals surface area (Å²) in [5.41, 5.74) is 1.59. The predicted molar refractivity (Wildman–Crippen MR) is 110 cm³/mol. The van der Waals surface area contributed by atoms with Crippen molar-refractivity contribution in [2.45, 2.75) is 44.7 Å². The number of hydrogen-bond donors (Lipinski definition) is 1. The molecule has 2 aromatic rings. The lowest BCUT2D eigenvalue weighted by atomic mass is 9.95. The van der Waals surface area contributed by atoms with E-state index in [-0.39, 0.29) is 24.4 Å². The highest BCUT2D eigenvalue weighted by molar-refractivity contribution is 9.10. The summed E-state index contributed by atoms with van der Waals surface area (Å²) in [6.07, 6.45) is 5.64. The predicted octanol–water partition coefficient (Wildman–Crippen LogP) is 4.54. The summed E-state index contributed by atoms with van der Waals surface area (Å²) in [6.45, 7) is 0.480. The van der Waals surface area contributed by atoms with E-state index in [9.17, 15) is 9.59 Å². The summed E-state index contributed by atoms with van der Waals surface area (Å²) in [7, 11) is 0. The van der Waals surface area contributed by atoms with Crippen molar-refractivity contribution in [1.82, 2.24) is 10.2 Å². The van der Waals surface area contributed by atoms with Gasteiger partial charge >= 0.3 is 0 Å². The molecular weight excluding hydrogens is 404 g/mol. The van der Waals surface area contributed by atoms with E-state index in [1.807, 2.05) is 42.5 Å². The van der Waals surface area contributed by atoms with E-state index in [0.29, 0.717) is 12.1 Å². The first-order valence-electron chi connectivity index (χ1n) is 9.50. The van der Waals surface area contributed by atoms with E-state index in [1.54, 1.807) is 17.0 Å². The Hall–Kier alpha value is -2.14. The minimum absolute atomic E-state index is 0.0697. The maximum absolute atomic E-state index is 13.0. The van der Waals surface area contributed by atoms with Crippen LogP contribution in [0.3, 0.4) is 0 Å². The largest absolute Gasteiger partial charge is 0.352 e. The molecule has 0 aromatic heterocycles. The van der Waals surface area contributed by atoms with Crippen LogP contribution in [0.15, 0.2) is 59.1 Å². The second-order valence-corrected chi connectivity index (χ2v) is 7.97. The summed E-state index contributed by atoms with van der Waals surface area (Å²) < 4.78 is 0.920. The molecule has 1 saturated carbocycles. The average molecular weight is 429 g/mol. The lowest BCUT2D eigenvalue weighted by molar-refractivity contribution is -0.122. The van der Waals surface area contributed by atoms with Gasteiger partial charge in [-0.15, -0.1) is 0 Å². The Morgan fingerprint density at radius 2 is 1.63 bits per heavy atom. The van der Waals surface area contributed by atoms with Gasteiger partial charge < -0.3 is 10.2 Å². The summed E-state index contributed by atoms with van der Waals surface area (Å²) in [5.74, 6) is -0.214. The minimum Gasteiger partial charge on any atom is -0.352 e. The fourth-order valence-corrected chi connectivity index (χ4v) is 3.74. The van der Waals surface area contributed by atoms with Gasteiger partial charge in [-0.1, -0.05) is 65.5 Å². The number of rotatable bonds is 6. The lowest BCUT2D eigenvalue weighted by Gasteiger charge is -2.26. The molecule has 1 fully saturated rings. The van der Waals surface area contributed by atoms with E-state index < -0.39 is 0 Å². The molecule has 0 aliphatic heterocycles. The Morgan fingerprint density at radius 1 is 0.963 bits per heavy atom. The monoisotopic (exact) mass is 428 g/mol. The zero-order chi connectivity index (χ0) is 19.1. The molecule has 0 radical (unpaired) electrons. The molecule has 4 nitrogen and oxygen atoms in total. The number of nitrogens with one attached hydrogen (secondary N) is 1. The Bertz CT molecular complexity index is 756. The fourth-order valence-electron chi connectivity index (χ4n) is 3.47. The van der Waals surface area contributed by atoms with E-state index in [4.69, 9.17) is 0 Å². The van der Waals surface area contributed by atoms with Crippen LogP contribution in [-0.2, 0) is 11.3 Å². The van der Waals surface area contributed by atoms with E-state index in [1.165, 1.54) is 6.42 Å². The van der Waals surface area contributed by atoms with Gasteiger partial charge in [0.25, 0.3) is 5.91 Å². The number of nitrogens with zero attached hydrogens (tertiary/aromatic N) is 1. The zero-order valence-corrected chi connectivity index (χ0v) is 17.0. The summed E-state index contributed by atoms with van der Waals surface area (Å²) in [5, 5.41) is 3.11. The van der Waals surface area contributed by atoms with Crippen molar-refractivity contribution in [2.75, 3.05) is 6.54 Å². The summed E-state index contributed by atoms with van der Waals surface area (Å²) in [4.78, 5) is 27.2. The number of carbonyl (C=O) groups excluding carboxylic acids is 2. The van der Waals surface area contributed by atoms with E-state index >= 15 is 0 Å². The van der Waals surface area contributed by atoms with Crippen LogP contribution in [0.1, 0.15) is 48.0 Å². The molecule has 0 spiro atoms. The molecule has 27 heavy (non-hydrogen) atoms. The second-order valence-electron chi connectivity index (χ2n) is 7.06. The first kappa shape index (κ1) is 19.6. The second kappa shape index (κ2) is 9.70. The Labute approximate surface area is 169 Å². The highest BCUT2D eigenvalue weighted by Crippen LogP contribution is 2.18. The Kier molecular flexibility index (Phi) is 7.04. The highest BCUT2D eigenvalue weighted by Gasteiger charge is 2.22. The minimum atomic E-state index is -0.134. The van der Waals surface area contributed by atoms with Gasteiger partial charge in [-0.3, -0.25) is 9.59 Å². The molecular formula is C22H25BrN2O2. The summed E-state index contributed by atoms with van der Waals surface area (Å²) >= 11 is 3.39. The van der Waals surface area contributed by atoms with Gasteiger partial charge in [0.2, 0.25) is 5.91 Å². The van der Waals surface area contributed by atoms with Gasteiger partial charge in [0.1, 0.15) is 6.54 Å². The maximum atomic E-state index is 13.0. The normalized spacial score (nSPS) is 14.6. The molecule has 1 aliphatic rings. The third-order valence-corrected chi connectivity index (χ3v) is 5.43. The smallest absolute Gasteiger partial charge is 0.254 e. The number of amides is 2. The van der Waals surface area contributed by atoms with Gasteiger partial charge in [0.05, 0.1) is 0 Å². The standard InChI is InChI=1S/C22H25BrN2O2/c23-19-13-11-18(12-14-19)22(27)25(15-17-7-3-1-4-8-17)16-21(26)24-20-9-5-2-6-10-20/h1,3-4,7-8,11-14,20H,2,5-6,9-10,15-16H2,(H,24,26). The van der Waals surface area contributed by atoms with Crippen molar-refractivity contribution in [1.29, 1.82) is 0 Å². The molecule has 1 N–H and O–H groups in total. The van der Waals surface area contributed by atoms with Crippen LogP contribution in [0.25, 0.3) is 0 Å². The Balaban J connectivity index is 1.71. The zero-order valence-electron chi connectivity index (χ0n) is 15.4. The maximum Gasteiger partial charge on any atom is 0.254 e. The topological polar surface area (TPSA) is 49.4 Å². The molecule has 5 heteroatoms. The van der Waals surface area contributed by atoms with Crippen LogP contribution < -0.4 is 5.32 Å². The number of hydrogen-bond acceptors (Lipinski definition) is 2. The van der Waals surface area contributed by atoms with Crippen LogP contribution >= 0.6 is 15.9 Å². The third kappa shape index (κ3) is 5.93. The molecule has 0 atom stereocenters. The van der Waals surface area contributed by atoms with Crippen molar-refractivity contribution in [3.05, 3.63) is 70.2 Å². The third-order valence-electron chi connectivity index (χ3n) is 4.90. The Morgan fingerprint density at radius 3 is 2.30 bits per heavy atom. The van der Waals surface area contributed by atoms with Crippen molar-refractivity contribution < 1.29 is 9.59 Å². The van der Waals surface area contributed by atoms with Gasteiger partial charge in [0, 0.05) is 22.6 Å². The lowest BCUT2D eigenvalue weighted by Crippen LogP contribution is -2.44. The van der Waals surface area contributed by atoms with Crippen LogP contribution in [0.4, 0.5) is 0 Å². The molecule has 2 amide bonds. The molecule has 0 unspecified atom stereocenters. The first-order valence-corrected chi connectivity index (χ1v) is 10.3. The SMILES string of the molecule is O=C(CN(Cc1ccccc1)C(=O)c1ccc(Br)cc1)NC1CCCCC1. The van der Waals surface area contributed by atoms with Gasteiger partial charge in [-0.2, -0.15) is 0 Å². The van der Waals surface area contributed by atoms with Crippen LogP contribution in [0.5, 0.6) is 0 Å². The quantitative estimate of drug-likeness (QED) is 0.733.